The summed E-state index contributed by atoms with van der Waals surface area (Å²) in [5.41, 5.74) is 1.60. The molecule has 4 heteroatoms. The van der Waals surface area contributed by atoms with Crippen LogP contribution >= 0.6 is 0 Å². The first-order valence-corrected chi connectivity index (χ1v) is 5.75. The van der Waals surface area contributed by atoms with Gasteiger partial charge >= 0.3 is 0 Å². The maximum Gasteiger partial charge on any atom is 0.251 e. The molecule has 1 aromatic rings. The molecule has 0 spiro atoms. The second-order valence-electron chi connectivity index (χ2n) is 3.90. The van der Waals surface area contributed by atoms with Crippen LogP contribution in [0.3, 0.4) is 0 Å². The van der Waals surface area contributed by atoms with E-state index in [1.807, 2.05) is 26.0 Å². The SMILES string of the molecule is CCCNC(=O)CNC(=O)c1cccc(C)c1. The van der Waals surface area contributed by atoms with Crippen LogP contribution in [0, 0.1) is 6.92 Å². The van der Waals surface area contributed by atoms with Gasteiger partial charge in [0.15, 0.2) is 0 Å². The van der Waals surface area contributed by atoms with Crippen LogP contribution in [0.1, 0.15) is 29.3 Å². The van der Waals surface area contributed by atoms with Crippen molar-refractivity contribution in [2.45, 2.75) is 20.3 Å². The minimum atomic E-state index is -0.222. The van der Waals surface area contributed by atoms with Crippen molar-refractivity contribution in [3.05, 3.63) is 35.4 Å². The van der Waals surface area contributed by atoms with Crippen molar-refractivity contribution < 1.29 is 9.59 Å². The smallest absolute Gasteiger partial charge is 0.251 e. The van der Waals surface area contributed by atoms with Gasteiger partial charge in [0.1, 0.15) is 0 Å². The molecule has 0 radical (unpaired) electrons. The maximum atomic E-state index is 11.7. The lowest BCUT2D eigenvalue weighted by atomic mass is 10.1. The lowest BCUT2D eigenvalue weighted by molar-refractivity contribution is -0.120. The summed E-state index contributed by atoms with van der Waals surface area (Å²) in [5, 5.41) is 5.28. The average molecular weight is 234 g/mol. The predicted octanol–water partition coefficient (Wildman–Crippen LogP) is 1.25. The minimum absolute atomic E-state index is 0.0206. The first kappa shape index (κ1) is 13.2. The Morgan fingerprint density at radius 1 is 1.24 bits per heavy atom. The average Bonchev–Trinajstić information content (AvgIpc) is 2.33. The Bertz CT molecular complexity index is 402. The molecule has 0 aliphatic heterocycles. The van der Waals surface area contributed by atoms with Crippen molar-refractivity contribution in [2.75, 3.05) is 13.1 Å². The molecule has 2 N–H and O–H groups in total. The van der Waals surface area contributed by atoms with Crippen molar-refractivity contribution in [2.24, 2.45) is 0 Å². The largest absolute Gasteiger partial charge is 0.355 e. The van der Waals surface area contributed by atoms with E-state index in [9.17, 15) is 9.59 Å². The van der Waals surface area contributed by atoms with Crippen LogP contribution in [0.15, 0.2) is 24.3 Å². The van der Waals surface area contributed by atoms with Gasteiger partial charge in [0.2, 0.25) is 5.91 Å². The summed E-state index contributed by atoms with van der Waals surface area (Å²) < 4.78 is 0. The van der Waals surface area contributed by atoms with Crippen LogP contribution in [0.5, 0.6) is 0 Å². The van der Waals surface area contributed by atoms with Crippen LogP contribution in [0.4, 0.5) is 0 Å². The van der Waals surface area contributed by atoms with Gasteiger partial charge < -0.3 is 10.6 Å². The Balaban J connectivity index is 2.42. The molecule has 4 nitrogen and oxygen atoms in total. The lowest BCUT2D eigenvalue weighted by Gasteiger charge is -2.06. The van der Waals surface area contributed by atoms with Gasteiger partial charge in [0, 0.05) is 12.1 Å². The minimum Gasteiger partial charge on any atom is -0.355 e. The molecule has 1 aromatic carbocycles. The highest BCUT2D eigenvalue weighted by atomic mass is 16.2. The van der Waals surface area contributed by atoms with E-state index in [2.05, 4.69) is 10.6 Å². The second-order valence-corrected chi connectivity index (χ2v) is 3.90. The zero-order chi connectivity index (χ0) is 12.7. The molecule has 0 saturated carbocycles. The summed E-state index contributed by atoms with van der Waals surface area (Å²) >= 11 is 0. The Labute approximate surface area is 101 Å². The molecule has 0 aliphatic carbocycles. The summed E-state index contributed by atoms with van der Waals surface area (Å²) in [6.07, 6.45) is 0.886. The number of carbonyl (C=O) groups excluding carboxylic acids is 2. The normalized spacial score (nSPS) is 9.76. The number of nitrogens with one attached hydrogen (secondary N) is 2. The molecule has 0 atom stereocenters. The summed E-state index contributed by atoms with van der Waals surface area (Å²) in [5.74, 6) is -0.381. The van der Waals surface area contributed by atoms with Crippen LogP contribution in [-0.2, 0) is 4.79 Å². The van der Waals surface area contributed by atoms with Gasteiger partial charge in [-0.25, -0.2) is 0 Å². The van der Waals surface area contributed by atoms with Gasteiger partial charge in [-0.05, 0) is 25.5 Å². The molecule has 1 rings (SSSR count). The van der Waals surface area contributed by atoms with Gasteiger partial charge in [0.25, 0.3) is 5.91 Å². The summed E-state index contributed by atoms with van der Waals surface area (Å²) in [6, 6.07) is 7.26. The molecule has 0 bridgehead atoms. The molecule has 17 heavy (non-hydrogen) atoms. The van der Waals surface area contributed by atoms with Crippen molar-refractivity contribution in [3.8, 4) is 0 Å². The number of aryl methyl sites for hydroxylation is 1. The van der Waals surface area contributed by atoms with Crippen molar-refractivity contribution in [3.63, 3.8) is 0 Å². The number of rotatable bonds is 5. The predicted molar refractivity (Wildman–Crippen MR) is 66.8 cm³/mol. The van der Waals surface area contributed by atoms with Gasteiger partial charge in [-0.15, -0.1) is 0 Å². The molecular weight excluding hydrogens is 216 g/mol. The van der Waals surface area contributed by atoms with E-state index in [0.29, 0.717) is 12.1 Å². The van der Waals surface area contributed by atoms with E-state index in [4.69, 9.17) is 0 Å². The summed E-state index contributed by atoms with van der Waals surface area (Å²) in [6.45, 7) is 4.56. The first-order chi connectivity index (χ1) is 8.13. The fourth-order valence-corrected chi connectivity index (χ4v) is 1.38. The number of hydrogen-bond acceptors (Lipinski definition) is 2. The molecular formula is C13H18N2O2. The van der Waals surface area contributed by atoms with Crippen LogP contribution in [-0.4, -0.2) is 24.9 Å². The molecule has 0 heterocycles. The van der Waals surface area contributed by atoms with E-state index in [-0.39, 0.29) is 18.4 Å². The van der Waals surface area contributed by atoms with E-state index < -0.39 is 0 Å². The molecule has 92 valence electrons. The Kier molecular flexibility index (Phi) is 5.20. The van der Waals surface area contributed by atoms with Gasteiger partial charge in [-0.2, -0.15) is 0 Å². The quantitative estimate of drug-likeness (QED) is 0.805. The third-order valence-electron chi connectivity index (χ3n) is 2.26. The molecule has 0 aliphatic rings. The number of carbonyl (C=O) groups is 2. The molecule has 0 unspecified atom stereocenters. The van der Waals surface area contributed by atoms with Crippen molar-refractivity contribution >= 4 is 11.8 Å². The summed E-state index contributed by atoms with van der Waals surface area (Å²) in [4.78, 5) is 23.0. The summed E-state index contributed by atoms with van der Waals surface area (Å²) in [7, 11) is 0. The van der Waals surface area contributed by atoms with Crippen LogP contribution in [0.2, 0.25) is 0 Å². The van der Waals surface area contributed by atoms with E-state index in [0.717, 1.165) is 12.0 Å². The second kappa shape index (κ2) is 6.68. The highest BCUT2D eigenvalue weighted by molar-refractivity contribution is 5.96. The third kappa shape index (κ3) is 4.68. The lowest BCUT2D eigenvalue weighted by Crippen LogP contribution is -2.37. The molecule has 0 fully saturated rings. The van der Waals surface area contributed by atoms with E-state index in [1.54, 1.807) is 12.1 Å². The zero-order valence-corrected chi connectivity index (χ0v) is 10.2. The highest BCUT2D eigenvalue weighted by Crippen LogP contribution is 2.03. The number of hydrogen-bond donors (Lipinski definition) is 2. The van der Waals surface area contributed by atoms with Gasteiger partial charge in [0.05, 0.1) is 6.54 Å². The standard InChI is InChI=1S/C13H18N2O2/c1-3-7-14-12(16)9-15-13(17)11-6-4-5-10(2)8-11/h4-6,8H,3,7,9H2,1-2H3,(H,14,16)(H,15,17). The third-order valence-corrected chi connectivity index (χ3v) is 2.26. The van der Waals surface area contributed by atoms with E-state index >= 15 is 0 Å². The van der Waals surface area contributed by atoms with Gasteiger partial charge in [-0.3, -0.25) is 9.59 Å². The van der Waals surface area contributed by atoms with Crippen molar-refractivity contribution in [1.82, 2.24) is 10.6 Å². The first-order valence-electron chi connectivity index (χ1n) is 5.75. The number of benzene rings is 1. The van der Waals surface area contributed by atoms with Crippen LogP contribution in [0.25, 0.3) is 0 Å². The molecule has 0 aromatic heterocycles. The maximum absolute atomic E-state index is 11.7. The Morgan fingerprint density at radius 3 is 2.65 bits per heavy atom. The van der Waals surface area contributed by atoms with Gasteiger partial charge in [-0.1, -0.05) is 24.6 Å². The topological polar surface area (TPSA) is 58.2 Å². The molecule has 0 saturated heterocycles. The Morgan fingerprint density at radius 2 is 2.00 bits per heavy atom. The van der Waals surface area contributed by atoms with E-state index in [1.165, 1.54) is 0 Å². The van der Waals surface area contributed by atoms with Crippen LogP contribution < -0.4 is 10.6 Å². The monoisotopic (exact) mass is 234 g/mol. The fourth-order valence-electron chi connectivity index (χ4n) is 1.38. The Hall–Kier alpha value is -1.84. The molecule has 2 amide bonds. The number of amides is 2. The zero-order valence-electron chi connectivity index (χ0n) is 10.2. The highest BCUT2D eigenvalue weighted by Gasteiger charge is 2.07. The fraction of sp³-hybridized carbons (Fsp3) is 0.385. The van der Waals surface area contributed by atoms with Crippen molar-refractivity contribution in [1.29, 1.82) is 0 Å².